The van der Waals surface area contributed by atoms with E-state index in [1.54, 1.807) is 12.4 Å². The van der Waals surface area contributed by atoms with Crippen molar-refractivity contribution in [2.24, 2.45) is 0 Å². The van der Waals surface area contributed by atoms with Crippen molar-refractivity contribution in [2.45, 2.75) is 19.8 Å². The first-order chi connectivity index (χ1) is 4.70. The highest BCUT2D eigenvalue weighted by Crippen LogP contribution is 2.08. The van der Waals surface area contributed by atoms with Gasteiger partial charge in [-0.05, 0) is 11.5 Å². The Morgan fingerprint density at radius 1 is 1.30 bits per heavy atom. The Hall–Kier alpha value is -0.855. The van der Waals surface area contributed by atoms with Gasteiger partial charge in [-0.15, -0.1) is 0 Å². The van der Waals surface area contributed by atoms with E-state index in [2.05, 4.69) is 23.8 Å². The summed E-state index contributed by atoms with van der Waals surface area (Å²) in [6.45, 7) is 4.18. The molecule has 0 saturated carbocycles. The molecule has 2 radical (unpaired) electrons. The predicted octanol–water partition coefficient (Wildman–Crippen LogP) is 0.394. The molecule has 0 atom stereocenters. The maximum Gasteiger partial charge on any atom is 0.170 e. The lowest BCUT2D eigenvalue weighted by molar-refractivity contribution is 0.850. The van der Waals surface area contributed by atoms with E-state index >= 15 is 0 Å². The Kier molecular flexibility index (Phi) is 2.04. The first kappa shape index (κ1) is 7.25. The van der Waals surface area contributed by atoms with Gasteiger partial charge in [0.15, 0.2) is 7.85 Å². The van der Waals surface area contributed by atoms with Crippen molar-refractivity contribution in [3.8, 4) is 0 Å². The third kappa shape index (κ3) is 1.56. The lowest BCUT2D eigenvalue weighted by Crippen LogP contribution is -2.12. The van der Waals surface area contributed by atoms with Crippen molar-refractivity contribution < 1.29 is 0 Å². The van der Waals surface area contributed by atoms with E-state index < -0.39 is 0 Å². The van der Waals surface area contributed by atoms with Crippen molar-refractivity contribution in [1.29, 1.82) is 0 Å². The minimum atomic E-state index is 0.337. The Morgan fingerprint density at radius 2 is 1.80 bits per heavy atom. The molecule has 0 bridgehead atoms. The summed E-state index contributed by atoms with van der Waals surface area (Å²) in [5.41, 5.74) is 1.46. The number of hydrogen-bond acceptors (Lipinski definition) is 2. The molecule has 1 aromatic rings. The molecule has 1 rings (SSSR count). The molecule has 1 heterocycles. The first-order valence-corrected chi connectivity index (χ1v) is 3.27. The number of hydrogen-bond donors (Lipinski definition) is 0. The van der Waals surface area contributed by atoms with Gasteiger partial charge in [0, 0.05) is 12.4 Å². The minimum Gasteiger partial charge on any atom is -0.253 e. The van der Waals surface area contributed by atoms with E-state index in [0.717, 1.165) is 5.56 Å². The standard InChI is InChI=1S/C7H9BN2/c1-5(2)6-3-9-7(8)10-4-6/h3-5H,1-2H3. The van der Waals surface area contributed by atoms with Gasteiger partial charge in [0.1, 0.15) is 0 Å². The van der Waals surface area contributed by atoms with Crippen LogP contribution in [0.15, 0.2) is 12.4 Å². The van der Waals surface area contributed by atoms with Gasteiger partial charge in [-0.25, -0.2) is 0 Å². The van der Waals surface area contributed by atoms with Crippen LogP contribution < -0.4 is 5.72 Å². The number of aromatic nitrogens is 2. The molecule has 10 heavy (non-hydrogen) atoms. The summed E-state index contributed by atoms with van der Waals surface area (Å²) in [5.74, 6) is 0.473. The van der Waals surface area contributed by atoms with E-state index in [9.17, 15) is 0 Å². The molecular weight excluding hydrogens is 123 g/mol. The summed E-state index contributed by atoms with van der Waals surface area (Å²) in [4.78, 5) is 7.73. The number of rotatable bonds is 1. The second-order valence-corrected chi connectivity index (χ2v) is 2.53. The topological polar surface area (TPSA) is 25.8 Å². The molecule has 0 saturated heterocycles. The Morgan fingerprint density at radius 3 is 2.20 bits per heavy atom. The fourth-order valence-corrected chi connectivity index (χ4v) is 0.646. The highest BCUT2D eigenvalue weighted by molar-refractivity contribution is 6.28. The van der Waals surface area contributed by atoms with Gasteiger partial charge in [-0.1, -0.05) is 13.8 Å². The highest BCUT2D eigenvalue weighted by atomic mass is 14.8. The third-order valence-electron chi connectivity index (χ3n) is 1.36. The summed E-state index contributed by atoms with van der Waals surface area (Å²) >= 11 is 0. The van der Waals surface area contributed by atoms with Gasteiger partial charge >= 0.3 is 0 Å². The van der Waals surface area contributed by atoms with Gasteiger partial charge in [0.2, 0.25) is 0 Å². The summed E-state index contributed by atoms with van der Waals surface area (Å²) in [5, 5.41) is 0. The van der Waals surface area contributed by atoms with E-state index in [4.69, 9.17) is 7.85 Å². The van der Waals surface area contributed by atoms with Crippen LogP contribution in [0.5, 0.6) is 0 Å². The molecule has 0 aliphatic rings. The van der Waals surface area contributed by atoms with Crippen LogP contribution in [0.1, 0.15) is 25.3 Å². The second-order valence-electron chi connectivity index (χ2n) is 2.53. The molecule has 0 aromatic carbocycles. The molecule has 0 amide bonds. The maximum absolute atomic E-state index is 5.30. The van der Waals surface area contributed by atoms with Gasteiger partial charge in [-0.3, -0.25) is 9.97 Å². The Labute approximate surface area is 62.1 Å². The largest absolute Gasteiger partial charge is 0.253 e. The van der Waals surface area contributed by atoms with Gasteiger partial charge < -0.3 is 0 Å². The molecule has 0 spiro atoms. The molecule has 2 nitrogen and oxygen atoms in total. The van der Waals surface area contributed by atoms with Crippen LogP contribution in [0.25, 0.3) is 0 Å². The van der Waals surface area contributed by atoms with Crippen LogP contribution in [0.2, 0.25) is 0 Å². The first-order valence-electron chi connectivity index (χ1n) is 3.27. The van der Waals surface area contributed by atoms with Crippen molar-refractivity contribution in [2.75, 3.05) is 0 Å². The molecule has 1 aromatic heterocycles. The monoisotopic (exact) mass is 132 g/mol. The fraction of sp³-hybridized carbons (Fsp3) is 0.429. The maximum atomic E-state index is 5.30. The SMILES string of the molecule is [B]c1ncc(C(C)C)cn1. The lowest BCUT2D eigenvalue weighted by atomic mass is 10.1. The minimum absolute atomic E-state index is 0.337. The van der Waals surface area contributed by atoms with Crippen LogP contribution >= 0.6 is 0 Å². The quantitative estimate of drug-likeness (QED) is 0.516. The van der Waals surface area contributed by atoms with Crippen molar-refractivity contribution >= 4 is 13.6 Å². The summed E-state index contributed by atoms with van der Waals surface area (Å²) in [7, 11) is 5.30. The zero-order chi connectivity index (χ0) is 7.56. The Balaban J connectivity index is 2.89. The highest BCUT2D eigenvalue weighted by Gasteiger charge is 1.97. The third-order valence-corrected chi connectivity index (χ3v) is 1.36. The molecule has 0 fully saturated rings. The molecule has 0 N–H and O–H groups in total. The molecule has 0 aliphatic carbocycles. The summed E-state index contributed by atoms with van der Waals surface area (Å²) in [6.07, 6.45) is 3.51. The van der Waals surface area contributed by atoms with E-state index in [-0.39, 0.29) is 0 Å². The second kappa shape index (κ2) is 2.82. The van der Waals surface area contributed by atoms with Crippen LogP contribution in [0.3, 0.4) is 0 Å². The van der Waals surface area contributed by atoms with E-state index in [0.29, 0.717) is 11.6 Å². The summed E-state index contributed by atoms with van der Waals surface area (Å²) in [6, 6.07) is 0. The number of nitrogens with zero attached hydrogens (tertiary/aromatic N) is 2. The predicted molar refractivity (Wildman–Crippen MR) is 41.5 cm³/mol. The smallest absolute Gasteiger partial charge is 0.170 e. The summed E-state index contributed by atoms with van der Waals surface area (Å²) < 4.78 is 0. The van der Waals surface area contributed by atoms with Gasteiger partial charge in [0.25, 0.3) is 0 Å². The van der Waals surface area contributed by atoms with Crippen LogP contribution in [0.4, 0.5) is 0 Å². The zero-order valence-corrected chi connectivity index (χ0v) is 6.20. The average molecular weight is 132 g/mol. The molecule has 0 aliphatic heterocycles. The normalized spacial score (nSPS) is 10.3. The lowest BCUT2D eigenvalue weighted by Gasteiger charge is -2.02. The zero-order valence-electron chi connectivity index (χ0n) is 6.20. The van der Waals surface area contributed by atoms with Gasteiger partial charge in [-0.2, -0.15) is 0 Å². The van der Waals surface area contributed by atoms with Crippen LogP contribution in [0, 0.1) is 0 Å². The van der Waals surface area contributed by atoms with Crippen LogP contribution in [-0.4, -0.2) is 17.8 Å². The Bertz CT molecular complexity index is 205. The van der Waals surface area contributed by atoms with Crippen molar-refractivity contribution in [1.82, 2.24) is 9.97 Å². The van der Waals surface area contributed by atoms with E-state index in [1.807, 2.05) is 0 Å². The van der Waals surface area contributed by atoms with E-state index in [1.165, 1.54) is 0 Å². The van der Waals surface area contributed by atoms with Crippen molar-refractivity contribution in [3.63, 3.8) is 0 Å². The molecule has 3 heteroatoms. The molecule has 0 unspecified atom stereocenters. The van der Waals surface area contributed by atoms with Crippen molar-refractivity contribution in [3.05, 3.63) is 18.0 Å². The molecular formula is C7H9BN2. The average Bonchev–Trinajstić information content (AvgIpc) is 1.88. The van der Waals surface area contributed by atoms with Crippen LogP contribution in [-0.2, 0) is 0 Å². The van der Waals surface area contributed by atoms with Gasteiger partial charge in [0.05, 0.1) is 5.72 Å². The fourth-order valence-electron chi connectivity index (χ4n) is 0.646. The molecule has 50 valence electrons.